The Labute approximate surface area is 107 Å². The summed E-state index contributed by atoms with van der Waals surface area (Å²) in [7, 11) is 1.63. The maximum Gasteiger partial charge on any atom is 0.213 e. The first-order valence-corrected chi connectivity index (χ1v) is 5.97. The molecule has 0 atom stereocenters. The highest BCUT2D eigenvalue weighted by molar-refractivity contribution is 5.20. The van der Waals surface area contributed by atoms with Crippen molar-refractivity contribution >= 4 is 0 Å². The molecule has 0 aromatic carbocycles. The van der Waals surface area contributed by atoms with E-state index in [4.69, 9.17) is 4.74 Å². The molecule has 0 fully saturated rings. The highest BCUT2D eigenvalue weighted by atomic mass is 16.5. The molecule has 1 N–H and O–H groups in total. The van der Waals surface area contributed by atoms with Gasteiger partial charge in [0.15, 0.2) is 0 Å². The SMILES string of the molecule is COc1cc(CNCCc2cccnc2)ccn1. The Hall–Kier alpha value is -1.94. The topological polar surface area (TPSA) is 47.0 Å². The molecule has 4 heteroatoms. The number of hydrogen-bond donors (Lipinski definition) is 1. The summed E-state index contributed by atoms with van der Waals surface area (Å²) in [5, 5.41) is 3.39. The lowest BCUT2D eigenvalue weighted by molar-refractivity contribution is 0.397. The van der Waals surface area contributed by atoms with Gasteiger partial charge in [-0.1, -0.05) is 6.07 Å². The van der Waals surface area contributed by atoms with Crippen LogP contribution >= 0.6 is 0 Å². The van der Waals surface area contributed by atoms with Crippen LogP contribution in [0.3, 0.4) is 0 Å². The first kappa shape index (κ1) is 12.5. The lowest BCUT2D eigenvalue weighted by atomic mass is 10.2. The fourth-order valence-electron chi connectivity index (χ4n) is 1.68. The third-order valence-electron chi connectivity index (χ3n) is 2.65. The molecule has 2 aromatic heterocycles. The van der Waals surface area contributed by atoms with E-state index in [2.05, 4.69) is 21.4 Å². The van der Waals surface area contributed by atoms with Crippen molar-refractivity contribution in [2.24, 2.45) is 0 Å². The Kier molecular flexibility index (Phi) is 4.67. The first-order valence-electron chi connectivity index (χ1n) is 5.97. The van der Waals surface area contributed by atoms with Crippen molar-refractivity contribution in [3.63, 3.8) is 0 Å². The van der Waals surface area contributed by atoms with Gasteiger partial charge in [0, 0.05) is 31.2 Å². The van der Waals surface area contributed by atoms with E-state index in [-0.39, 0.29) is 0 Å². The minimum absolute atomic E-state index is 0.654. The number of aromatic nitrogens is 2. The average molecular weight is 243 g/mol. The van der Waals surface area contributed by atoms with E-state index in [9.17, 15) is 0 Å². The maximum atomic E-state index is 5.08. The molecule has 0 unspecified atom stereocenters. The van der Waals surface area contributed by atoms with E-state index in [1.165, 1.54) is 11.1 Å². The zero-order valence-electron chi connectivity index (χ0n) is 10.5. The molecule has 18 heavy (non-hydrogen) atoms. The average Bonchev–Trinajstić information content (AvgIpc) is 2.45. The van der Waals surface area contributed by atoms with Crippen molar-refractivity contribution < 1.29 is 4.74 Å². The van der Waals surface area contributed by atoms with Crippen LogP contribution in [0.4, 0.5) is 0 Å². The van der Waals surface area contributed by atoms with Gasteiger partial charge in [-0.2, -0.15) is 0 Å². The predicted octanol–water partition coefficient (Wildman–Crippen LogP) is 1.82. The van der Waals surface area contributed by atoms with Crippen molar-refractivity contribution in [1.29, 1.82) is 0 Å². The molecule has 0 bridgehead atoms. The highest BCUT2D eigenvalue weighted by Crippen LogP contribution is 2.07. The molecule has 2 rings (SSSR count). The minimum Gasteiger partial charge on any atom is -0.481 e. The van der Waals surface area contributed by atoms with Gasteiger partial charge in [0.1, 0.15) is 0 Å². The molecule has 0 saturated heterocycles. The van der Waals surface area contributed by atoms with Gasteiger partial charge >= 0.3 is 0 Å². The Bertz CT molecular complexity index is 473. The number of hydrogen-bond acceptors (Lipinski definition) is 4. The number of nitrogens with zero attached hydrogens (tertiary/aromatic N) is 2. The van der Waals surface area contributed by atoms with Crippen molar-refractivity contribution in [2.45, 2.75) is 13.0 Å². The van der Waals surface area contributed by atoms with Crippen LogP contribution in [0.2, 0.25) is 0 Å². The van der Waals surface area contributed by atoms with E-state index in [1.807, 2.05) is 24.4 Å². The van der Waals surface area contributed by atoms with Gasteiger partial charge in [-0.3, -0.25) is 4.98 Å². The molecule has 94 valence electrons. The summed E-state index contributed by atoms with van der Waals surface area (Å²) in [5.41, 5.74) is 2.42. The van der Waals surface area contributed by atoms with E-state index >= 15 is 0 Å². The fraction of sp³-hybridized carbons (Fsp3) is 0.286. The summed E-state index contributed by atoms with van der Waals surface area (Å²) in [6, 6.07) is 7.98. The van der Waals surface area contributed by atoms with Crippen LogP contribution in [0.15, 0.2) is 42.9 Å². The second-order valence-corrected chi connectivity index (χ2v) is 3.99. The van der Waals surface area contributed by atoms with Gasteiger partial charge < -0.3 is 10.1 Å². The monoisotopic (exact) mass is 243 g/mol. The normalized spacial score (nSPS) is 10.3. The van der Waals surface area contributed by atoms with Gasteiger partial charge in [-0.15, -0.1) is 0 Å². The Morgan fingerprint density at radius 3 is 2.94 bits per heavy atom. The van der Waals surface area contributed by atoms with Crippen LogP contribution in [0, 0.1) is 0 Å². The fourth-order valence-corrected chi connectivity index (χ4v) is 1.68. The third-order valence-corrected chi connectivity index (χ3v) is 2.65. The van der Waals surface area contributed by atoms with E-state index in [0.717, 1.165) is 19.5 Å². The van der Waals surface area contributed by atoms with E-state index < -0.39 is 0 Å². The number of ether oxygens (including phenoxy) is 1. The number of methoxy groups -OCH3 is 1. The molecular formula is C14H17N3O. The van der Waals surface area contributed by atoms with Gasteiger partial charge in [-0.25, -0.2) is 4.98 Å². The second kappa shape index (κ2) is 6.71. The van der Waals surface area contributed by atoms with E-state index in [0.29, 0.717) is 5.88 Å². The molecule has 0 aliphatic heterocycles. The van der Waals surface area contributed by atoms with Gasteiger partial charge in [0.2, 0.25) is 5.88 Å². The Morgan fingerprint density at radius 1 is 1.22 bits per heavy atom. The minimum atomic E-state index is 0.654. The molecule has 0 aliphatic rings. The van der Waals surface area contributed by atoms with Gasteiger partial charge in [0.25, 0.3) is 0 Å². The predicted molar refractivity (Wildman–Crippen MR) is 70.4 cm³/mol. The van der Waals surface area contributed by atoms with Crippen LogP contribution in [-0.4, -0.2) is 23.6 Å². The van der Waals surface area contributed by atoms with Crippen LogP contribution in [0.25, 0.3) is 0 Å². The maximum absolute atomic E-state index is 5.08. The van der Waals surface area contributed by atoms with Gasteiger partial charge in [0.05, 0.1) is 7.11 Å². The molecule has 0 spiro atoms. The molecule has 0 amide bonds. The van der Waals surface area contributed by atoms with E-state index in [1.54, 1.807) is 19.5 Å². The number of rotatable bonds is 6. The summed E-state index contributed by atoms with van der Waals surface area (Å²) >= 11 is 0. The molecule has 0 radical (unpaired) electrons. The lowest BCUT2D eigenvalue weighted by Crippen LogP contribution is -2.16. The summed E-state index contributed by atoms with van der Waals surface area (Å²) in [4.78, 5) is 8.17. The van der Waals surface area contributed by atoms with Crippen molar-refractivity contribution in [3.05, 3.63) is 54.0 Å². The first-order chi connectivity index (χ1) is 8.88. The lowest BCUT2D eigenvalue weighted by Gasteiger charge is -2.06. The zero-order valence-corrected chi connectivity index (χ0v) is 10.5. The Morgan fingerprint density at radius 2 is 2.17 bits per heavy atom. The standard InChI is InChI=1S/C14H17N3O/c1-18-14-9-13(5-8-17-14)11-16-7-4-12-3-2-6-15-10-12/h2-3,5-6,8-10,16H,4,7,11H2,1H3. The summed E-state index contributed by atoms with van der Waals surface area (Å²) in [6.07, 6.45) is 6.43. The van der Waals surface area contributed by atoms with Crippen molar-refractivity contribution in [2.75, 3.05) is 13.7 Å². The van der Waals surface area contributed by atoms with Gasteiger partial charge in [-0.05, 0) is 36.2 Å². The van der Waals surface area contributed by atoms with Crippen LogP contribution in [0.1, 0.15) is 11.1 Å². The molecule has 2 aromatic rings. The molecule has 2 heterocycles. The second-order valence-electron chi connectivity index (χ2n) is 3.99. The summed E-state index contributed by atoms with van der Waals surface area (Å²) in [6.45, 7) is 1.75. The Balaban J connectivity index is 1.75. The third kappa shape index (κ3) is 3.82. The number of nitrogens with one attached hydrogen (secondary N) is 1. The largest absolute Gasteiger partial charge is 0.481 e. The molecule has 0 saturated carbocycles. The number of pyridine rings is 2. The summed E-state index contributed by atoms with van der Waals surface area (Å²) < 4.78 is 5.08. The molecule has 4 nitrogen and oxygen atoms in total. The molecule has 0 aliphatic carbocycles. The van der Waals surface area contributed by atoms with Crippen molar-refractivity contribution in [3.8, 4) is 5.88 Å². The molecular weight excluding hydrogens is 226 g/mol. The summed E-state index contributed by atoms with van der Waals surface area (Å²) in [5.74, 6) is 0.654. The van der Waals surface area contributed by atoms with Crippen LogP contribution in [0.5, 0.6) is 5.88 Å². The van der Waals surface area contributed by atoms with Crippen molar-refractivity contribution in [1.82, 2.24) is 15.3 Å². The van der Waals surface area contributed by atoms with Crippen LogP contribution in [-0.2, 0) is 13.0 Å². The quantitative estimate of drug-likeness (QED) is 0.786. The zero-order chi connectivity index (χ0) is 12.6. The smallest absolute Gasteiger partial charge is 0.213 e. The highest BCUT2D eigenvalue weighted by Gasteiger charge is 1.97. The van der Waals surface area contributed by atoms with Crippen LogP contribution < -0.4 is 10.1 Å².